The third-order valence-electron chi connectivity index (χ3n) is 0.241. The lowest BCUT2D eigenvalue weighted by atomic mass is 10.4. The SMILES string of the molecule is C[SiH2]O[B]O. The summed E-state index contributed by atoms with van der Waals surface area (Å²) in [7, 11) is 0.351. The maximum absolute atomic E-state index is 7.75. The second-order valence-electron chi connectivity index (χ2n) is 0.561. The summed E-state index contributed by atoms with van der Waals surface area (Å²) >= 11 is 0. The predicted octanol–water partition coefficient (Wildman–Crippen LogP) is -1.34. The van der Waals surface area contributed by atoms with Crippen LogP contribution in [0.3, 0.4) is 0 Å². The number of hydrogen-bond acceptors (Lipinski definition) is 2. The highest BCUT2D eigenvalue weighted by Crippen LogP contribution is 1.53. The molecule has 4 heteroatoms. The van der Waals surface area contributed by atoms with Crippen molar-refractivity contribution in [3.63, 3.8) is 0 Å². The Hall–Kier alpha value is 0.202. The molecule has 0 aliphatic heterocycles. The van der Waals surface area contributed by atoms with E-state index < -0.39 is 9.76 Å². The first-order chi connectivity index (χ1) is 2.41. The van der Waals surface area contributed by atoms with Crippen LogP contribution in [0.15, 0.2) is 0 Å². The average Bonchev–Trinajstić information content (AvgIpc) is 1.41. The van der Waals surface area contributed by atoms with Crippen LogP contribution in [-0.4, -0.2) is 22.5 Å². The lowest BCUT2D eigenvalue weighted by Gasteiger charge is -1.82. The Bertz CT molecular complexity index is 17.1. The largest absolute Gasteiger partial charge is 0.473 e. The van der Waals surface area contributed by atoms with E-state index in [4.69, 9.17) is 5.02 Å². The molecule has 0 aliphatic rings. The molecule has 1 radical (unpaired) electrons. The standard InChI is InChI=1S/CH6BO2Si/c1-5-4-2-3/h3H,5H2,1H3. The summed E-state index contributed by atoms with van der Waals surface area (Å²) in [4.78, 5) is 0. The van der Waals surface area contributed by atoms with Crippen molar-refractivity contribution in [2.24, 2.45) is 0 Å². The molecule has 29 valence electrons. The number of rotatable bonds is 2. The minimum Gasteiger partial charge on any atom is -0.461 e. The summed E-state index contributed by atoms with van der Waals surface area (Å²) in [6.45, 7) is 1.94. The Morgan fingerprint density at radius 2 is 2.60 bits per heavy atom. The molecule has 0 aromatic heterocycles. The molecular weight excluding hydrogens is 82.9 g/mol. The Morgan fingerprint density at radius 1 is 2.00 bits per heavy atom. The van der Waals surface area contributed by atoms with Crippen LogP contribution in [0.4, 0.5) is 0 Å². The van der Waals surface area contributed by atoms with Crippen LogP contribution in [0, 0.1) is 0 Å². The van der Waals surface area contributed by atoms with E-state index >= 15 is 0 Å². The predicted molar refractivity (Wildman–Crippen MR) is 23.5 cm³/mol. The molecule has 0 saturated heterocycles. The molecule has 0 amide bonds. The van der Waals surface area contributed by atoms with Gasteiger partial charge in [-0.15, -0.1) is 0 Å². The maximum atomic E-state index is 7.75. The molecule has 0 saturated carbocycles. The zero-order chi connectivity index (χ0) is 4.12. The summed E-state index contributed by atoms with van der Waals surface area (Å²) in [6.07, 6.45) is 0. The van der Waals surface area contributed by atoms with Crippen LogP contribution >= 0.6 is 0 Å². The van der Waals surface area contributed by atoms with Crippen molar-refractivity contribution in [3.8, 4) is 0 Å². The maximum Gasteiger partial charge on any atom is 0.473 e. The van der Waals surface area contributed by atoms with Gasteiger partial charge in [0.05, 0.1) is 0 Å². The smallest absolute Gasteiger partial charge is 0.461 e. The minimum atomic E-state index is -0.392. The quantitative estimate of drug-likeness (QED) is 0.424. The van der Waals surface area contributed by atoms with Crippen LogP contribution in [-0.2, 0) is 4.34 Å². The summed E-state index contributed by atoms with van der Waals surface area (Å²) in [5.41, 5.74) is 0. The topological polar surface area (TPSA) is 29.5 Å². The molecule has 1 N–H and O–H groups in total. The van der Waals surface area contributed by atoms with Gasteiger partial charge < -0.3 is 9.37 Å². The number of hydrogen-bond donors (Lipinski definition) is 1. The molecule has 0 unspecified atom stereocenters. The van der Waals surface area contributed by atoms with Crippen molar-refractivity contribution in [1.82, 2.24) is 0 Å². The van der Waals surface area contributed by atoms with Crippen molar-refractivity contribution in [2.75, 3.05) is 0 Å². The van der Waals surface area contributed by atoms with Gasteiger partial charge in [0.2, 0.25) is 0 Å². The Balaban J connectivity index is 2.19. The molecule has 0 atom stereocenters. The molecule has 0 aliphatic carbocycles. The van der Waals surface area contributed by atoms with Gasteiger partial charge in [0.25, 0.3) is 0 Å². The molecule has 2 nitrogen and oxygen atoms in total. The van der Waals surface area contributed by atoms with Gasteiger partial charge in [-0.3, -0.25) is 0 Å². The van der Waals surface area contributed by atoms with Crippen molar-refractivity contribution < 1.29 is 9.37 Å². The molecular formula is CH6BO2Si. The second-order valence-corrected chi connectivity index (χ2v) is 1.47. The van der Waals surface area contributed by atoms with Gasteiger partial charge in [0.15, 0.2) is 0 Å². The van der Waals surface area contributed by atoms with E-state index in [0.29, 0.717) is 0 Å². The molecule has 0 aromatic rings. The monoisotopic (exact) mass is 89.0 g/mol. The van der Waals surface area contributed by atoms with E-state index in [0.717, 1.165) is 7.69 Å². The van der Waals surface area contributed by atoms with Crippen molar-refractivity contribution in [1.29, 1.82) is 0 Å². The molecule has 0 rings (SSSR count). The molecule has 0 fully saturated rings. The first-order valence-corrected chi connectivity index (χ1v) is 3.48. The van der Waals surface area contributed by atoms with Crippen molar-refractivity contribution in [2.45, 2.75) is 6.55 Å². The summed E-state index contributed by atoms with van der Waals surface area (Å²) in [5.74, 6) is 0. The van der Waals surface area contributed by atoms with Gasteiger partial charge in [0.1, 0.15) is 9.76 Å². The van der Waals surface area contributed by atoms with Gasteiger partial charge in [-0.25, -0.2) is 0 Å². The summed E-state index contributed by atoms with van der Waals surface area (Å²) < 4.78 is 4.40. The highest BCUT2D eigenvalue weighted by Gasteiger charge is 1.74. The fourth-order valence-corrected chi connectivity index (χ4v) is 0.224. The van der Waals surface area contributed by atoms with E-state index in [9.17, 15) is 0 Å². The van der Waals surface area contributed by atoms with Gasteiger partial charge in [-0.05, 0) is 0 Å². The van der Waals surface area contributed by atoms with Crippen molar-refractivity contribution >= 4 is 17.4 Å². The van der Waals surface area contributed by atoms with E-state index in [1.54, 1.807) is 0 Å². The molecule has 0 spiro atoms. The van der Waals surface area contributed by atoms with E-state index in [2.05, 4.69) is 4.34 Å². The fourth-order valence-electron chi connectivity index (χ4n) is 0.0745. The van der Waals surface area contributed by atoms with E-state index in [1.165, 1.54) is 0 Å². The average molecular weight is 89.0 g/mol. The van der Waals surface area contributed by atoms with Crippen LogP contribution in [0.5, 0.6) is 0 Å². The minimum absolute atomic E-state index is 0.392. The van der Waals surface area contributed by atoms with Gasteiger partial charge in [0, 0.05) is 0 Å². The van der Waals surface area contributed by atoms with E-state index in [-0.39, 0.29) is 0 Å². The van der Waals surface area contributed by atoms with Gasteiger partial charge in [-0.2, -0.15) is 0 Å². The second kappa shape index (κ2) is 4.20. The molecule has 5 heavy (non-hydrogen) atoms. The van der Waals surface area contributed by atoms with Crippen molar-refractivity contribution in [3.05, 3.63) is 0 Å². The van der Waals surface area contributed by atoms with Crippen LogP contribution in [0.25, 0.3) is 0 Å². The molecule has 0 aromatic carbocycles. The summed E-state index contributed by atoms with van der Waals surface area (Å²) in [6, 6.07) is 0. The highest BCUT2D eigenvalue weighted by atomic mass is 28.2. The van der Waals surface area contributed by atoms with Gasteiger partial charge in [-0.1, -0.05) is 6.55 Å². The third kappa shape index (κ3) is 4.20. The van der Waals surface area contributed by atoms with Crippen LogP contribution in [0.1, 0.15) is 0 Å². The van der Waals surface area contributed by atoms with E-state index in [1.807, 2.05) is 6.55 Å². The Morgan fingerprint density at radius 3 is 2.60 bits per heavy atom. The first kappa shape index (κ1) is 5.20. The summed E-state index contributed by atoms with van der Waals surface area (Å²) in [5, 5.41) is 7.75. The third-order valence-corrected chi connectivity index (χ3v) is 0.724. The zero-order valence-corrected chi connectivity index (χ0v) is 4.55. The molecule has 0 bridgehead atoms. The van der Waals surface area contributed by atoms with Gasteiger partial charge >= 0.3 is 7.69 Å². The van der Waals surface area contributed by atoms with Crippen LogP contribution < -0.4 is 0 Å². The Kier molecular flexibility index (Phi) is 4.37. The zero-order valence-electron chi connectivity index (χ0n) is 3.14. The molecule has 0 heterocycles. The van der Waals surface area contributed by atoms with Crippen LogP contribution in [0.2, 0.25) is 6.55 Å². The Labute approximate surface area is 34.4 Å². The lowest BCUT2D eigenvalue weighted by Crippen LogP contribution is -1.97. The lowest BCUT2D eigenvalue weighted by molar-refractivity contribution is 0.471. The normalized spacial score (nSPS) is 10.0. The fraction of sp³-hybridized carbons (Fsp3) is 1.00. The first-order valence-electron chi connectivity index (χ1n) is 1.49. The highest BCUT2D eigenvalue weighted by molar-refractivity contribution is 6.37.